The highest BCUT2D eigenvalue weighted by atomic mass is 16.6. The van der Waals surface area contributed by atoms with Gasteiger partial charge in [0.2, 0.25) is 0 Å². The second-order valence-electron chi connectivity index (χ2n) is 6.88. The highest BCUT2D eigenvalue weighted by Gasteiger charge is 2.38. The molecule has 1 amide bonds. The van der Waals surface area contributed by atoms with Crippen molar-refractivity contribution in [1.82, 2.24) is 10.2 Å². The Bertz CT molecular complexity index is 411. The van der Waals surface area contributed by atoms with Crippen molar-refractivity contribution in [1.29, 1.82) is 5.26 Å². The number of rotatable bonds is 2. The van der Waals surface area contributed by atoms with E-state index in [2.05, 4.69) is 11.4 Å². The highest BCUT2D eigenvalue weighted by molar-refractivity contribution is 5.68. The van der Waals surface area contributed by atoms with Gasteiger partial charge in [-0.2, -0.15) is 5.26 Å². The predicted octanol–water partition coefficient (Wildman–Crippen LogP) is 1.66. The molecule has 2 aliphatic heterocycles. The number of piperidine rings is 1. The second-order valence-corrected chi connectivity index (χ2v) is 6.88. The lowest BCUT2D eigenvalue weighted by Crippen LogP contribution is -2.54. The first-order valence-electron chi connectivity index (χ1n) is 7.58. The van der Waals surface area contributed by atoms with Crippen molar-refractivity contribution in [2.75, 3.05) is 26.3 Å². The van der Waals surface area contributed by atoms with Crippen molar-refractivity contribution in [3.8, 4) is 6.07 Å². The fraction of sp³-hybridized carbons (Fsp3) is 0.867. The lowest BCUT2D eigenvalue weighted by atomic mass is 9.96. The molecule has 0 radical (unpaired) electrons. The number of nitriles is 1. The van der Waals surface area contributed by atoms with Crippen molar-refractivity contribution in [3.63, 3.8) is 0 Å². The molecule has 1 atom stereocenters. The lowest BCUT2D eigenvalue weighted by Gasteiger charge is -2.36. The smallest absolute Gasteiger partial charge is 0.410 e. The highest BCUT2D eigenvalue weighted by Crippen LogP contribution is 2.22. The number of carbonyl (C=O) groups is 1. The van der Waals surface area contributed by atoms with E-state index in [1.807, 2.05) is 20.8 Å². The zero-order valence-corrected chi connectivity index (χ0v) is 13.1. The normalized spacial score (nSPS) is 27.4. The topological polar surface area (TPSA) is 74.6 Å². The quantitative estimate of drug-likeness (QED) is 0.838. The number of hydrogen-bond acceptors (Lipinski definition) is 5. The Hall–Kier alpha value is -1.32. The van der Waals surface area contributed by atoms with Gasteiger partial charge in [0, 0.05) is 32.2 Å². The summed E-state index contributed by atoms with van der Waals surface area (Å²) in [5.74, 6) is 0. The summed E-state index contributed by atoms with van der Waals surface area (Å²) in [6, 6.07) is 2.60. The van der Waals surface area contributed by atoms with Crippen LogP contribution in [0.3, 0.4) is 0 Å². The van der Waals surface area contributed by atoms with Crippen LogP contribution >= 0.6 is 0 Å². The number of ether oxygens (including phenoxy) is 2. The number of nitrogens with one attached hydrogen (secondary N) is 1. The zero-order valence-electron chi connectivity index (χ0n) is 13.1. The van der Waals surface area contributed by atoms with Gasteiger partial charge in [0.25, 0.3) is 0 Å². The second kappa shape index (κ2) is 6.20. The summed E-state index contributed by atoms with van der Waals surface area (Å²) >= 11 is 0. The van der Waals surface area contributed by atoms with Gasteiger partial charge in [-0.15, -0.1) is 0 Å². The standard InChI is InChI=1S/C15H25N3O3/c1-14(2,3)21-13(19)18-7-4-12(5-8-18)17-15(10-16)6-9-20-11-15/h12,17H,4-9,11H2,1-3H3. The van der Waals surface area contributed by atoms with Crippen LogP contribution < -0.4 is 5.32 Å². The van der Waals surface area contributed by atoms with E-state index in [0.717, 1.165) is 19.3 Å². The Labute approximate surface area is 126 Å². The summed E-state index contributed by atoms with van der Waals surface area (Å²) < 4.78 is 10.7. The summed E-state index contributed by atoms with van der Waals surface area (Å²) in [5.41, 5.74) is -1.00. The zero-order chi connectivity index (χ0) is 15.5. The molecule has 0 saturated carbocycles. The van der Waals surface area contributed by atoms with Crippen LogP contribution in [0.5, 0.6) is 0 Å². The molecule has 6 nitrogen and oxygen atoms in total. The number of hydrogen-bond donors (Lipinski definition) is 1. The van der Waals surface area contributed by atoms with Gasteiger partial charge in [0.1, 0.15) is 11.1 Å². The molecule has 0 bridgehead atoms. The summed E-state index contributed by atoms with van der Waals surface area (Å²) in [7, 11) is 0. The molecule has 2 fully saturated rings. The van der Waals surface area contributed by atoms with Gasteiger partial charge in [0.15, 0.2) is 0 Å². The van der Waals surface area contributed by atoms with Gasteiger partial charge < -0.3 is 14.4 Å². The Morgan fingerprint density at radius 3 is 2.57 bits per heavy atom. The maximum atomic E-state index is 12.0. The fourth-order valence-corrected chi connectivity index (χ4v) is 2.72. The summed E-state index contributed by atoms with van der Waals surface area (Å²) in [6.07, 6.45) is 2.15. The van der Waals surface area contributed by atoms with Crippen LogP contribution in [0.25, 0.3) is 0 Å². The maximum absolute atomic E-state index is 12.0. The fourth-order valence-electron chi connectivity index (χ4n) is 2.72. The first-order chi connectivity index (χ1) is 9.84. The third kappa shape index (κ3) is 4.32. The molecule has 2 rings (SSSR count). The molecule has 0 spiro atoms. The van der Waals surface area contributed by atoms with E-state index in [4.69, 9.17) is 9.47 Å². The monoisotopic (exact) mass is 295 g/mol. The molecule has 6 heteroatoms. The van der Waals surface area contributed by atoms with Crippen LogP contribution in [-0.2, 0) is 9.47 Å². The molecule has 2 saturated heterocycles. The molecule has 21 heavy (non-hydrogen) atoms. The van der Waals surface area contributed by atoms with Crippen molar-refractivity contribution in [2.45, 2.75) is 57.2 Å². The Morgan fingerprint density at radius 1 is 1.43 bits per heavy atom. The summed E-state index contributed by atoms with van der Waals surface area (Å²) in [4.78, 5) is 13.7. The van der Waals surface area contributed by atoms with E-state index < -0.39 is 11.1 Å². The minimum atomic E-state index is -0.543. The van der Waals surface area contributed by atoms with E-state index in [-0.39, 0.29) is 12.1 Å². The van der Waals surface area contributed by atoms with Gasteiger partial charge >= 0.3 is 6.09 Å². The third-order valence-corrected chi connectivity index (χ3v) is 3.86. The lowest BCUT2D eigenvalue weighted by molar-refractivity contribution is 0.0192. The van der Waals surface area contributed by atoms with Gasteiger partial charge in [-0.05, 0) is 33.6 Å². The SMILES string of the molecule is CC(C)(C)OC(=O)N1CCC(NC2(C#N)CCOC2)CC1. The Morgan fingerprint density at radius 2 is 2.10 bits per heavy atom. The summed E-state index contributed by atoms with van der Waals surface area (Å²) in [6.45, 7) is 8.03. The van der Waals surface area contributed by atoms with Crippen LogP contribution in [-0.4, -0.2) is 54.5 Å². The van der Waals surface area contributed by atoms with Crippen LogP contribution in [0, 0.1) is 11.3 Å². The number of carbonyl (C=O) groups excluding carboxylic acids is 1. The van der Waals surface area contributed by atoms with E-state index in [0.29, 0.717) is 26.3 Å². The van der Waals surface area contributed by atoms with E-state index in [1.165, 1.54) is 0 Å². The van der Waals surface area contributed by atoms with Gasteiger partial charge in [-0.1, -0.05) is 0 Å². The number of amides is 1. The molecule has 2 aliphatic rings. The molecular formula is C15H25N3O3. The number of likely N-dealkylation sites (tertiary alicyclic amines) is 1. The third-order valence-electron chi connectivity index (χ3n) is 3.86. The van der Waals surface area contributed by atoms with Crippen LogP contribution in [0.4, 0.5) is 4.79 Å². The molecule has 1 unspecified atom stereocenters. The molecule has 0 aromatic heterocycles. The molecule has 2 heterocycles. The van der Waals surface area contributed by atoms with Crippen molar-refractivity contribution >= 4 is 6.09 Å². The predicted molar refractivity (Wildman–Crippen MR) is 77.7 cm³/mol. The largest absolute Gasteiger partial charge is 0.444 e. The minimum absolute atomic E-state index is 0.250. The van der Waals surface area contributed by atoms with E-state index in [1.54, 1.807) is 4.90 Å². The van der Waals surface area contributed by atoms with Crippen molar-refractivity contribution in [2.24, 2.45) is 0 Å². The molecule has 118 valence electrons. The Kier molecular flexibility index (Phi) is 4.74. The van der Waals surface area contributed by atoms with Crippen molar-refractivity contribution < 1.29 is 14.3 Å². The number of nitrogens with zero attached hydrogens (tertiary/aromatic N) is 2. The molecule has 1 N–H and O–H groups in total. The molecule has 0 aromatic carbocycles. The first kappa shape index (κ1) is 16.1. The van der Waals surface area contributed by atoms with Crippen LogP contribution in [0.2, 0.25) is 0 Å². The molecule has 0 aliphatic carbocycles. The average molecular weight is 295 g/mol. The average Bonchev–Trinajstić information content (AvgIpc) is 2.87. The molecule has 0 aromatic rings. The maximum Gasteiger partial charge on any atom is 0.410 e. The van der Waals surface area contributed by atoms with E-state index in [9.17, 15) is 10.1 Å². The first-order valence-corrected chi connectivity index (χ1v) is 7.58. The van der Waals surface area contributed by atoms with E-state index >= 15 is 0 Å². The van der Waals surface area contributed by atoms with Gasteiger partial charge in [-0.25, -0.2) is 4.79 Å². The van der Waals surface area contributed by atoms with Gasteiger partial charge in [0.05, 0.1) is 12.7 Å². The molecular weight excluding hydrogens is 270 g/mol. The van der Waals surface area contributed by atoms with Gasteiger partial charge in [-0.3, -0.25) is 5.32 Å². The van der Waals surface area contributed by atoms with Crippen LogP contribution in [0.15, 0.2) is 0 Å². The Balaban J connectivity index is 1.81. The minimum Gasteiger partial charge on any atom is -0.444 e. The summed E-state index contributed by atoms with van der Waals surface area (Å²) in [5, 5.41) is 12.8. The van der Waals surface area contributed by atoms with Crippen molar-refractivity contribution in [3.05, 3.63) is 0 Å². The van der Waals surface area contributed by atoms with Crippen LogP contribution in [0.1, 0.15) is 40.0 Å².